The van der Waals surface area contributed by atoms with E-state index in [9.17, 15) is 18.0 Å². The summed E-state index contributed by atoms with van der Waals surface area (Å²) in [5.41, 5.74) is 0.611. The van der Waals surface area contributed by atoms with E-state index in [1.807, 2.05) is 13.8 Å². The zero-order valence-corrected chi connectivity index (χ0v) is 19.9. The Hall–Kier alpha value is -2.75. The van der Waals surface area contributed by atoms with Gasteiger partial charge in [-0.05, 0) is 36.1 Å². The van der Waals surface area contributed by atoms with Gasteiger partial charge in [-0.2, -0.15) is 0 Å². The summed E-state index contributed by atoms with van der Waals surface area (Å²) in [6.07, 6.45) is 3.10. The number of nitrogens with zero attached hydrogens (tertiary/aromatic N) is 1. The molecule has 1 fully saturated rings. The average Bonchev–Trinajstić information content (AvgIpc) is 3.12. The summed E-state index contributed by atoms with van der Waals surface area (Å²) >= 11 is 0. The van der Waals surface area contributed by atoms with Crippen LogP contribution in [0.5, 0.6) is 17.2 Å². The molecule has 0 N–H and O–H groups in total. The van der Waals surface area contributed by atoms with E-state index < -0.39 is 28.3 Å². The zero-order valence-electron chi connectivity index (χ0n) is 19.1. The van der Waals surface area contributed by atoms with Crippen LogP contribution in [0.1, 0.15) is 25.8 Å². The molecular weight excluding hydrogens is 438 g/mol. The van der Waals surface area contributed by atoms with Crippen LogP contribution in [0.3, 0.4) is 0 Å². The van der Waals surface area contributed by atoms with Crippen LogP contribution in [0, 0.1) is 5.92 Å². The van der Waals surface area contributed by atoms with Gasteiger partial charge in [-0.25, -0.2) is 13.2 Å². The van der Waals surface area contributed by atoms with Crippen molar-refractivity contribution in [2.75, 3.05) is 46.0 Å². The molecule has 1 unspecified atom stereocenters. The lowest BCUT2D eigenvalue weighted by atomic mass is 10.1. The van der Waals surface area contributed by atoms with Crippen LogP contribution >= 0.6 is 0 Å². The molecule has 32 heavy (non-hydrogen) atoms. The topological polar surface area (TPSA) is 108 Å². The Morgan fingerprint density at radius 1 is 1.12 bits per heavy atom. The van der Waals surface area contributed by atoms with Crippen LogP contribution in [0.2, 0.25) is 0 Å². The smallest absolute Gasteiger partial charge is 0.331 e. The lowest BCUT2D eigenvalue weighted by Crippen LogP contribution is -2.45. The minimum atomic E-state index is -3.14. The number of esters is 1. The summed E-state index contributed by atoms with van der Waals surface area (Å²) in [6.45, 7) is 3.82. The Kier molecular flexibility index (Phi) is 8.94. The minimum Gasteiger partial charge on any atom is -0.493 e. The molecule has 1 atom stereocenters. The van der Waals surface area contributed by atoms with Crippen LogP contribution in [-0.4, -0.2) is 77.2 Å². The maximum absolute atomic E-state index is 12.7. The minimum absolute atomic E-state index is 0.0551. The SMILES string of the molecule is COc1cc(C=CC(=O)OCC(=O)N(CC(C)C)C2CCS(=O)(=O)C2)cc(OC)c1OC. The Morgan fingerprint density at radius 3 is 2.22 bits per heavy atom. The third-order valence-electron chi connectivity index (χ3n) is 4.97. The van der Waals surface area contributed by atoms with Crippen LogP contribution in [0.15, 0.2) is 18.2 Å². The molecule has 0 spiro atoms. The summed E-state index contributed by atoms with van der Waals surface area (Å²) in [4.78, 5) is 26.4. The molecule has 1 aliphatic heterocycles. The number of rotatable bonds is 10. The predicted octanol–water partition coefficient (Wildman–Crippen LogP) is 1.94. The van der Waals surface area contributed by atoms with Crippen molar-refractivity contribution in [3.63, 3.8) is 0 Å². The zero-order chi connectivity index (χ0) is 23.9. The number of sulfone groups is 1. The number of methoxy groups -OCH3 is 3. The molecule has 1 amide bonds. The Balaban J connectivity index is 2.03. The van der Waals surface area contributed by atoms with E-state index in [0.29, 0.717) is 35.8 Å². The van der Waals surface area contributed by atoms with Gasteiger partial charge in [0.25, 0.3) is 5.91 Å². The summed E-state index contributed by atoms with van der Waals surface area (Å²) < 4.78 is 44.6. The van der Waals surface area contributed by atoms with Crippen LogP contribution in [-0.2, 0) is 24.2 Å². The van der Waals surface area contributed by atoms with Crippen molar-refractivity contribution in [1.82, 2.24) is 4.90 Å². The number of carbonyl (C=O) groups is 2. The molecule has 0 radical (unpaired) electrons. The summed E-state index contributed by atoms with van der Waals surface area (Å²) in [5.74, 6) is 0.359. The molecule has 1 heterocycles. The van der Waals surface area contributed by atoms with Crippen molar-refractivity contribution in [3.05, 3.63) is 23.8 Å². The maximum Gasteiger partial charge on any atom is 0.331 e. The van der Waals surface area contributed by atoms with Gasteiger partial charge in [-0.15, -0.1) is 0 Å². The first-order valence-corrected chi connectivity index (χ1v) is 12.1. The Labute approximate surface area is 189 Å². The van der Waals surface area contributed by atoms with Gasteiger partial charge in [-0.1, -0.05) is 13.8 Å². The van der Waals surface area contributed by atoms with Crippen LogP contribution < -0.4 is 14.2 Å². The first kappa shape index (κ1) is 25.5. The molecule has 0 aliphatic carbocycles. The van der Waals surface area contributed by atoms with E-state index >= 15 is 0 Å². The summed E-state index contributed by atoms with van der Waals surface area (Å²) in [5, 5.41) is 0. The van der Waals surface area contributed by atoms with Crippen molar-refractivity contribution in [3.8, 4) is 17.2 Å². The van der Waals surface area contributed by atoms with Crippen LogP contribution in [0.25, 0.3) is 6.08 Å². The molecule has 0 bridgehead atoms. The largest absolute Gasteiger partial charge is 0.493 e. The van der Waals surface area contributed by atoms with E-state index in [1.165, 1.54) is 38.4 Å². The molecular formula is C22H31NO8S. The molecule has 2 rings (SSSR count). The van der Waals surface area contributed by atoms with E-state index in [1.54, 1.807) is 12.1 Å². The van der Waals surface area contributed by atoms with Gasteiger partial charge in [0.1, 0.15) is 0 Å². The summed E-state index contributed by atoms with van der Waals surface area (Å²) in [6, 6.07) is 2.95. The van der Waals surface area contributed by atoms with E-state index in [0.717, 1.165) is 0 Å². The molecule has 178 valence electrons. The second kappa shape index (κ2) is 11.2. The second-order valence-corrected chi connectivity index (χ2v) is 10.1. The quantitative estimate of drug-likeness (QED) is 0.378. The first-order chi connectivity index (χ1) is 15.1. The van der Waals surface area contributed by atoms with Crippen molar-refractivity contribution in [1.29, 1.82) is 0 Å². The van der Waals surface area contributed by atoms with Gasteiger partial charge in [0.15, 0.2) is 27.9 Å². The molecule has 9 nitrogen and oxygen atoms in total. The number of benzene rings is 1. The number of amides is 1. The van der Waals surface area contributed by atoms with Gasteiger partial charge < -0.3 is 23.8 Å². The van der Waals surface area contributed by atoms with Gasteiger partial charge in [0.05, 0.1) is 32.8 Å². The highest BCUT2D eigenvalue weighted by Crippen LogP contribution is 2.38. The van der Waals surface area contributed by atoms with Gasteiger partial charge in [0.2, 0.25) is 5.75 Å². The lowest BCUT2D eigenvalue weighted by Gasteiger charge is -2.29. The monoisotopic (exact) mass is 469 g/mol. The molecule has 1 saturated heterocycles. The van der Waals surface area contributed by atoms with E-state index in [-0.39, 0.29) is 23.5 Å². The van der Waals surface area contributed by atoms with E-state index in [2.05, 4.69) is 0 Å². The van der Waals surface area contributed by atoms with Crippen molar-refractivity contribution < 1.29 is 37.0 Å². The normalized spacial score (nSPS) is 17.4. The highest BCUT2D eigenvalue weighted by molar-refractivity contribution is 7.91. The molecule has 10 heteroatoms. The Morgan fingerprint density at radius 2 is 1.75 bits per heavy atom. The summed E-state index contributed by atoms with van der Waals surface area (Å²) in [7, 11) is 1.33. The van der Waals surface area contributed by atoms with Gasteiger partial charge >= 0.3 is 5.97 Å². The van der Waals surface area contributed by atoms with Gasteiger partial charge in [-0.3, -0.25) is 4.79 Å². The fraction of sp³-hybridized carbons (Fsp3) is 0.545. The lowest BCUT2D eigenvalue weighted by molar-refractivity contribution is -0.149. The third-order valence-corrected chi connectivity index (χ3v) is 6.72. The standard InChI is InChI=1S/C22H31NO8S/c1-15(2)12-23(17-8-9-32(26,27)14-17)20(24)13-31-21(25)7-6-16-10-18(28-3)22(30-5)19(11-16)29-4/h6-7,10-11,15,17H,8-9,12-14H2,1-5H3. The van der Waals surface area contributed by atoms with E-state index in [4.69, 9.17) is 18.9 Å². The van der Waals surface area contributed by atoms with Crippen molar-refractivity contribution in [2.24, 2.45) is 5.92 Å². The third kappa shape index (κ3) is 6.88. The van der Waals surface area contributed by atoms with Crippen molar-refractivity contribution >= 4 is 27.8 Å². The first-order valence-electron chi connectivity index (χ1n) is 10.2. The van der Waals surface area contributed by atoms with Crippen LogP contribution in [0.4, 0.5) is 0 Å². The van der Waals surface area contributed by atoms with Crippen molar-refractivity contribution in [2.45, 2.75) is 26.3 Å². The molecule has 0 saturated carbocycles. The number of hydrogen-bond donors (Lipinski definition) is 0. The predicted molar refractivity (Wildman–Crippen MR) is 120 cm³/mol. The maximum atomic E-state index is 12.7. The highest BCUT2D eigenvalue weighted by Gasteiger charge is 2.35. The molecule has 1 aliphatic rings. The fourth-order valence-corrected chi connectivity index (χ4v) is 5.23. The average molecular weight is 470 g/mol. The second-order valence-electron chi connectivity index (χ2n) is 7.90. The molecule has 1 aromatic rings. The fourth-order valence-electron chi connectivity index (χ4n) is 3.49. The number of hydrogen-bond acceptors (Lipinski definition) is 8. The van der Waals surface area contributed by atoms with Gasteiger partial charge in [0, 0.05) is 18.7 Å². The number of carbonyl (C=O) groups excluding carboxylic acids is 2. The Bertz CT molecular complexity index is 930. The molecule has 1 aromatic carbocycles. The number of ether oxygens (including phenoxy) is 4. The molecule has 0 aromatic heterocycles. The highest BCUT2D eigenvalue weighted by atomic mass is 32.2.